The van der Waals surface area contributed by atoms with Gasteiger partial charge in [0.05, 0.1) is 0 Å². The van der Waals surface area contributed by atoms with E-state index in [2.05, 4.69) is 41.4 Å². The van der Waals surface area contributed by atoms with Crippen molar-refractivity contribution >= 4 is 5.69 Å². The summed E-state index contributed by atoms with van der Waals surface area (Å²) in [5.74, 6) is 0. The molecule has 4 aliphatic rings. The van der Waals surface area contributed by atoms with Crippen molar-refractivity contribution in [1.82, 2.24) is 0 Å². The zero-order valence-electron chi connectivity index (χ0n) is 10.3. The summed E-state index contributed by atoms with van der Waals surface area (Å²) in [6.07, 6.45) is 3.92. The van der Waals surface area contributed by atoms with E-state index in [0.29, 0.717) is 0 Å². The maximum atomic E-state index is 9.10. The van der Waals surface area contributed by atoms with Crippen LogP contribution in [0.1, 0.15) is 22.3 Å². The third-order valence-electron chi connectivity index (χ3n) is 3.67. The van der Waals surface area contributed by atoms with E-state index in [9.17, 15) is 0 Å². The van der Waals surface area contributed by atoms with Crippen LogP contribution in [0.15, 0.2) is 42.5 Å². The van der Waals surface area contributed by atoms with E-state index >= 15 is 0 Å². The number of rotatable bonds is 0. The van der Waals surface area contributed by atoms with Crippen LogP contribution in [0.3, 0.4) is 0 Å². The van der Waals surface area contributed by atoms with E-state index < -0.39 is 0 Å². The summed E-state index contributed by atoms with van der Waals surface area (Å²) in [6.45, 7) is 0. The lowest BCUT2D eigenvalue weighted by atomic mass is 9.96. The molecule has 2 nitrogen and oxygen atoms in total. The van der Waals surface area contributed by atoms with Crippen molar-refractivity contribution in [1.29, 1.82) is 5.39 Å². The molecule has 4 bridgehead atoms. The first-order valence-electron chi connectivity index (χ1n) is 6.40. The summed E-state index contributed by atoms with van der Waals surface area (Å²) in [7, 11) is 0. The minimum atomic E-state index is 0.725. The summed E-state index contributed by atoms with van der Waals surface area (Å²) in [4.78, 5) is 3.42. The van der Waals surface area contributed by atoms with Crippen molar-refractivity contribution in [2.75, 3.05) is 0 Å². The molecule has 0 amide bonds. The Kier molecular flexibility index (Phi) is 2.82. The summed E-state index contributed by atoms with van der Waals surface area (Å²) in [6, 6.07) is 15.1. The largest absolute Gasteiger partial charge is 0.388 e. The van der Waals surface area contributed by atoms with E-state index in [-0.39, 0.29) is 0 Å². The van der Waals surface area contributed by atoms with E-state index in [1.54, 1.807) is 0 Å². The average molecular weight is 235 g/mol. The molecule has 2 aromatic rings. The topological polar surface area (TPSA) is 28.1 Å². The average Bonchev–Trinajstić information content (AvgIpc) is 2.41. The van der Waals surface area contributed by atoms with Gasteiger partial charge in [0.2, 0.25) is 5.39 Å². The smallest absolute Gasteiger partial charge is 0.0588 e. The third-order valence-corrected chi connectivity index (χ3v) is 3.67. The van der Waals surface area contributed by atoms with Crippen molar-refractivity contribution in [2.45, 2.75) is 25.7 Å². The predicted octanol–water partition coefficient (Wildman–Crippen LogP) is 4.05. The first-order chi connectivity index (χ1) is 8.85. The molecule has 2 heteroatoms. The second-order valence-electron chi connectivity index (χ2n) is 4.88. The van der Waals surface area contributed by atoms with Crippen LogP contribution in [0, 0.1) is 5.39 Å². The highest BCUT2D eigenvalue weighted by Gasteiger charge is 2.15. The Hall–Kier alpha value is -2.14. The molecule has 4 aliphatic carbocycles. The Labute approximate surface area is 107 Å². The van der Waals surface area contributed by atoms with Crippen LogP contribution in [0.25, 0.3) is 4.98 Å². The molecule has 0 fully saturated rings. The highest BCUT2D eigenvalue weighted by Crippen LogP contribution is 2.24. The fourth-order valence-electron chi connectivity index (χ4n) is 2.51. The van der Waals surface area contributed by atoms with Gasteiger partial charge in [0.25, 0.3) is 0 Å². The van der Waals surface area contributed by atoms with Gasteiger partial charge in [-0.1, -0.05) is 36.4 Å². The minimum absolute atomic E-state index is 0.725. The summed E-state index contributed by atoms with van der Waals surface area (Å²) >= 11 is 0. The Morgan fingerprint density at radius 3 is 1.94 bits per heavy atom. The molecule has 0 atom stereocenters. The van der Waals surface area contributed by atoms with Crippen molar-refractivity contribution in [2.24, 2.45) is 0 Å². The second kappa shape index (κ2) is 4.62. The fraction of sp³-hybridized carbons (Fsp3) is 0.250. The molecule has 6 rings (SSSR count). The van der Waals surface area contributed by atoms with Gasteiger partial charge in [0, 0.05) is 11.6 Å². The number of hydrogen-bond donors (Lipinski definition) is 0. The number of benzene rings is 2. The number of aryl methyl sites for hydroxylation is 4. The zero-order valence-corrected chi connectivity index (χ0v) is 10.3. The normalized spacial score (nSPS) is 13.7. The molecule has 0 unspecified atom stereocenters. The molecule has 18 heavy (non-hydrogen) atoms. The van der Waals surface area contributed by atoms with Gasteiger partial charge < -0.3 is 0 Å². The number of nitrogens with zero attached hydrogens (tertiary/aromatic N) is 2. The molecule has 0 spiro atoms. The summed E-state index contributed by atoms with van der Waals surface area (Å²) < 4.78 is 0. The van der Waals surface area contributed by atoms with E-state index in [1.807, 2.05) is 6.07 Å². The molecule has 88 valence electrons. The number of diazo groups is 1. The third kappa shape index (κ3) is 2.12. The Morgan fingerprint density at radius 1 is 0.722 bits per heavy atom. The molecular weight excluding hydrogens is 220 g/mol. The fourth-order valence-corrected chi connectivity index (χ4v) is 2.51. The summed E-state index contributed by atoms with van der Waals surface area (Å²) in [5.41, 5.74) is 5.78. The van der Waals surface area contributed by atoms with Crippen LogP contribution in [-0.2, 0) is 25.7 Å². The van der Waals surface area contributed by atoms with E-state index in [0.717, 1.165) is 36.9 Å². The van der Waals surface area contributed by atoms with Gasteiger partial charge in [-0.15, -0.1) is 0 Å². The first-order valence-corrected chi connectivity index (χ1v) is 6.40. The van der Waals surface area contributed by atoms with Crippen molar-refractivity contribution in [3.8, 4) is 0 Å². The monoisotopic (exact) mass is 235 g/mol. The van der Waals surface area contributed by atoms with Crippen LogP contribution in [0.5, 0.6) is 0 Å². The Morgan fingerprint density at radius 2 is 1.28 bits per heavy atom. The van der Waals surface area contributed by atoms with Gasteiger partial charge in [-0.05, 0) is 42.4 Å². The highest BCUT2D eigenvalue weighted by atomic mass is 14.8. The number of hydrogen-bond acceptors (Lipinski definition) is 1. The van der Waals surface area contributed by atoms with Gasteiger partial charge in [-0.3, -0.25) is 0 Å². The van der Waals surface area contributed by atoms with Crippen molar-refractivity contribution in [3.05, 3.63) is 69.7 Å². The van der Waals surface area contributed by atoms with Crippen LogP contribution in [0.4, 0.5) is 5.69 Å². The van der Waals surface area contributed by atoms with E-state index in [1.165, 1.54) is 16.7 Å². The lowest BCUT2D eigenvalue weighted by molar-refractivity contribution is 0.924. The SMILES string of the molecule is N#[N+]c1cc2ccc1CCc1ccc(cc1)CC2. The van der Waals surface area contributed by atoms with Crippen molar-refractivity contribution < 1.29 is 0 Å². The molecule has 0 saturated carbocycles. The molecule has 0 N–H and O–H groups in total. The molecule has 0 radical (unpaired) electrons. The van der Waals surface area contributed by atoms with Crippen LogP contribution in [0.2, 0.25) is 0 Å². The maximum absolute atomic E-state index is 9.10. The standard InChI is InChI=1S/C16H15N2/c17-18-16-11-14-6-5-12-1-3-13(4-2-12)7-9-15(16)10-8-14/h1-4,8,10-11H,5-7,9H2/q+1. The quantitative estimate of drug-likeness (QED) is 0.633. The van der Waals surface area contributed by atoms with Gasteiger partial charge in [-0.2, -0.15) is 0 Å². The van der Waals surface area contributed by atoms with Gasteiger partial charge in [-0.25, -0.2) is 0 Å². The lowest BCUT2D eigenvalue weighted by Crippen LogP contribution is -1.97. The van der Waals surface area contributed by atoms with Gasteiger partial charge in [0.15, 0.2) is 4.98 Å². The molecule has 0 heterocycles. The minimum Gasteiger partial charge on any atom is -0.0588 e. The van der Waals surface area contributed by atoms with Crippen molar-refractivity contribution in [3.63, 3.8) is 0 Å². The van der Waals surface area contributed by atoms with Crippen LogP contribution >= 0.6 is 0 Å². The van der Waals surface area contributed by atoms with E-state index in [4.69, 9.17) is 5.39 Å². The molecule has 0 saturated heterocycles. The molecule has 0 aliphatic heterocycles. The van der Waals surface area contributed by atoms with Gasteiger partial charge in [0.1, 0.15) is 0 Å². The Balaban J connectivity index is 2.03. The lowest BCUT2D eigenvalue weighted by Gasteiger charge is -2.07. The molecule has 2 aromatic carbocycles. The highest BCUT2D eigenvalue weighted by molar-refractivity contribution is 5.54. The maximum Gasteiger partial charge on any atom is 0.388 e. The first kappa shape index (κ1) is 11.0. The second-order valence-corrected chi connectivity index (χ2v) is 4.88. The summed E-state index contributed by atoms with van der Waals surface area (Å²) in [5, 5.41) is 9.10. The Bertz CT molecular complexity index is 606. The molecule has 0 aromatic heterocycles. The van der Waals surface area contributed by atoms with Gasteiger partial charge >= 0.3 is 5.69 Å². The molecular formula is C16H15N2+. The predicted molar refractivity (Wildman–Crippen MR) is 72.4 cm³/mol. The van der Waals surface area contributed by atoms with Crippen LogP contribution < -0.4 is 0 Å². The van der Waals surface area contributed by atoms with Crippen LogP contribution in [-0.4, -0.2) is 0 Å². The zero-order chi connectivity index (χ0) is 12.4.